The fraction of sp³-hybridized carbons (Fsp3) is 0.444. The summed E-state index contributed by atoms with van der Waals surface area (Å²) in [5.74, 6) is 0.386. The molecule has 0 aromatic carbocycles. The second kappa shape index (κ2) is 5.55. The molecular formula is C9H14N4OS. The molecule has 3 N–H and O–H groups in total. The summed E-state index contributed by atoms with van der Waals surface area (Å²) in [5, 5.41) is 3.97. The molecule has 15 heavy (non-hydrogen) atoms. The van der Waals surface area contributed by atoms with Gasteiger partial charge in [0.15, 0.2) is 0 Å². The second-order valence-electron chi connectivity index (χ2n) is 3.16. The third-order valence-corrected chi connectivity index (χ3v) is 2.39. The van der Waals surface area contributed by atoms with Crippen LogP contribution in [0, 0.1) is 0 Å². The molecule has 0 spiro atoms. The summed E-state index contributed by atoms with van der Waals surface area (Å²) >= 11 is 1.54. The van der Waals surface area contributed by atoms with Crippen LogP contribution in [0.2, 0.25) is 0 Å². The van der Waals surface area contributed by atoms with Crippen LogP contribution in [0.4, 0.5) is 5.82 Å². The van der Waals surface area contributed by atoms with Gasteiger partial charge in [0.1, 0.15) is 17.2 Å². The molecule has 0 aliphatic carbocycles. The van der Waals surface area contributed by atoms with Crippen LogP contribution in [0.5, 0.6) is 0 Å². The van der Waals surface area contributed by atoms with Gasteiger partial charge >= 0.3 is 0 Å². The molecule has 0 aliphatic rings. The molecule has 0 saturated heterocycles. The van der Waals surface area contributed by atoms with Crippen molar-refractivity contribution in [2.45, 2.75) is 24.4 Å². The summed E-state index contributed by atoms with van der Waals surface area (Å²) in [6, 6.07) is 1.81. The number of aromatic nitrogens is 2. The topological polar surface area (TPSA) is 80.9 Å². The number of nitrogens with zero attached hydrogens (tertiary/aromatic N) is 2. The predicted octanol–water partition coefficient (Wildman–Crippen LogP) is 0.874. The largest absolute Gasteiger partial charge is 0.370 e. The predicted molar refractivity (Wildman–Crippen MR) is 60.7 cm³/mol. The number of nitrogens with one attached hydrogen (secondary N) is 1. The smallest absolute Gasteiger partial charge is 0.219 e. The van der Waals surface area contributed by atoms with E-state index < -0.39 is 0 Å². The lowest BCUT2D eigenvalue weighted by Crippen LogP contribution is -2.24. The van der Waals surface area contributed by atoms with Crippen molar-refractivity contribution in [1.29, 1.82) is 0 Å². The number of hydrogen-bond donors (Lipinski definition) is 2. The first-order valence-corrected chi connectivity index (χ1v) is 5.75. The van der Waals surface area contributed by atoms with Crippen LogP contribution in [0.3, 0.4) is 0 Å². The van der Waals surface area contributed by atoms with E-state index in [4.69, 9.17) is 5.73 Å². The summed E-state index contributed by atoms with van der Waals surface area (Å²) in [7, 11) is 0. The third-order valence-electron chi connectivity index (χ3n) is 1.75. The van der Waals surface area contributed by atoms with Crippen molar-refractivity contribution >= 4 is 23.5 Å². The van der Waals surface area contributed by atoms with E-state index in [-0.39, 0.29) is 11.9 Å². The van der Waals surface area contributed by atoms with Crippen LogP contribution >= 0.6 is 11.8 Å². The molecule has 0 radical (unpaired) electrons. The van der Waals surface area contributed by atoms with Gasteiger partial charge < -0.3 is 11.1 Å². The van der Waals surface area contributed by atoms with Gasteiger partial charge in [-0.3, -0.25) is 4.79 Å². The van der Waals surface area contributed by atoms with Crippen LogP contribution in [0.1, 0.15) is 13.3 Å². The van der Waals surface area contributed by atoms with Gasteiger partial charge in [0.2, 0.25) is 5.91 Å². The highest BCUT2D eigenvalue weighted by Gasteiger charge is 2.06. The lowest BCUT2D eigenvalue weighted by Gasteiger charge is -2.12. The molecule has 5 nitrogen and oxygen atoms in total. The van der Waals surface area contributed by atoms with Crippen molar-refractivity contribution in [3.05, 3.63) is 12.4 Å². The lowest BCUT2D eigenvalue weighted by molar-refractivity contribution is -0.118. The van der Waals surface area contributed by atoms with Crippen molar-refractivity contribution in [3.63, 3.8) is 0 Å². The Bertz CT molecular complexity index is 345. The summed E-state index contributed by atoms with van der Waals surface area (Å²) in [6.45, 7) is 1.88. The van der Waals surface area contributed by atoms with Gasteiger partial charge in [0, 0.05) is 18.5 Å². The van der Waals surface area contributed by atoms with Gasteiger partial charge in [-0.25, -0.2) is 9.97 Å². The molecule has 0 bridgehead atoms. The Morgan fingerprint density at radius 3 is 3.00 bits per heavy atom. The van der Waals surface area contributed by atoms with Crippen LogP contribution in [-0.4, -0.2) is 28.2 Å². The molecule has 82 valence electrons. The molecule has 1 heterocycles. The summed E-state index contributed by atoms with van der Waals surface area (Å²) < 4.78 is 0. The first-order chi connectivity index (χ1) is 7.11. The first-order valence-electron chi connectivity index (χ1n) is 4.52. The van der Waals surface area contributed by atoms with Gasteiger partial charge in [0.25, 0.3) is 0 Å². The number of nitrogens with two attached hydrogens (primary N) is 1. The van der Waals surface area contributed by atoms with Crippen molar-refractivity contribution < 1.29 is 4.79 Å². The number of amides is 1. The standard InChI is InChI=1S/C9H14N4OS/c1-6(3-7(10)14)13-8-4-9(15-2)12-5-11-8/h4-6H,3H2,1-2H3,(H2,10,14)(H,11,12,13). The number of carbonyl (C=O) groups is 1. The SMILES string of the molecule is CSc1cc(NC(C)CC(N)=O)ncn1. The third kappa shape index (κ3) is 4.16. The second-order valence-corrected chi connectivity index (χ2v) is 3.99. The van der Waals surface area contributed by atoms with E-state index in [2.05, 4.69) is 15.3 Å². The first kappa shape index (κ1) is 11.8. The number of anilines is 1. The molecule has 1 rings (SSSR count). The van der Waals surface area contributed by atoms with Crippen molar-refractivity contribution in [2.24, 2.45) is 5.73 Å². The monoisotopic (exact) mass is 226 g/mol. The Morgan fingerprint density at radius 2 is 2.40 bits per heavy atom. The molecule has 6 heteroatoms. The highest BCUT2D eigenvalue weighted by molar-refractivity contribution is 7.98. The van der Waals surface area contributed by atoms with Gasteiger partial charge in [-0.15, -0.1) is 11.8 Å². The van der Waals surface area contributed by atoms with Crippen LogP contribution in [0.25, 0.3) is 0 Å². The molecule has 1 aromatic rings. The maximum absolute atomic E-state index is 10.7. The molecule has 1 aromatic heterocycles. The van der Waals surface area contributed by atoms with E-state index in [0.29, 0.717) is 12.2 Å². The van der Waals surface area contributed by atoms with Gasteiger partial charge in [-0.1, -0.05) is 0 Å². The number of thioether (sulfide) groups is 1. The Morgan fingerprint density at radius 1 is 1.67 bits per heavy atom. The highest BCUT2D eigenvalue weighted by Crippen LogP contribution is 2.14. The van der Waals surface area contributed by atoms with E-state index in [0.717, 1.165) is 5.03 Å². The molecule has 0 saturated carbocycles. The van der Waals surface area contributed by atoms with Gasteiger partial charge in [0.05, 0.1) is 0 Å². The zero-order chi connectivity index (χ0) is 11.3. The van der Waals surface area contributed by atoms with Crippen LogP contribution < -0.4 is 11.1 Å². The molecule has 1 amide bonds. The molecule has 0 aliphatic heterocycles. The van der Waals surface area contributed by atoms with Gasteiger partial charge in [-0.05, 0) is 13.2 Å². The van der Waals surface area contributed by atoms with E-state index >= 15 is 0 Å². The number of hydrogen-bond acceptors (Lipinski definition) is 5. The van der Waals surface area contributed by atoms with Crippen molar-refractivity contribution in [1.82, 2.24) is 9.97 Å². The molecular weight excluding hydrogens is 212 g/mol. The van der Waals surface area contributed by atoms with Crippen LogP contribution in [-0.2, 0) is 4.79 Å². The maximum atomic E-state index is 10.7. The molecule has 0 fully saturated rings. The number of carbonyl (C=O) groups excluding carboxylic acids is 1. The summed E-state index contributed by atoms with van der Waals surface area (Å²) in [6.07, 6.45) is 3.72. The number of rotatable bonds is 5. The van der Waals surface area contributed by atoms with Crippen molar-refractivity contribution in [2.75, 3.05) is 11.6 Å². The minimum absolute atomic E-state index is 0.0212. The van der Waals surface area contributed by atoms with Gasteiger partial charge in [-0.2, -0.15) is 0 Å². The minimum Gasteiger partial charge on any atom is -0.370 e. The van der Waals surface area contributed by atoms with Crippen LogP contribution in [0.15, 0.2) is 17.4 Å². The Balaban J connectivity index is 2.59. The number of primary amides is 1. The fourth-order valence-corrected chi connectivity index (χ4v) is 1.52. The molecule has 1 unspecified atom stereocenters. The van der Waals surface area contributed by atoms with E-state index in [1.165, 1.54) is 6.33 Å². The summed E-state index contributed by atoms with van der Waals surface area (Å²) in [5.41, 5.74) is 5.09. The normalized spacial score (nSPS) is 12.1. The van der Waals surface area contributed by atoms with E-state index in [1.807, 2.05) is 19.2 Å². The van der Waals surface area contributed by atoms with E-state index in [9.17, 15) is 4.79 Å². The van der Waals surface area contributed by atoms with E-state index in [1.54, 1.807) is 11.8 Å². The maximum Gasteiger partial charge on any atom is 0.219 e. The van der Waals surface area contributed by atoms with Crippen molar-refractivity contribution in [3.8, 4) is 0 Å². The average molecular weight is 226 g/mol. The Kier molecular flexibility index (Phi) is 4.36. The average Bonchev–Trinajstić information content (AvgIpc) is 2.16. The molecule has 1 atom stereocenters. The minimum atomic E-state index is -0.325. The lowest BCUT2D eigenvalue weighted by atomic mass is 10.2. The Labute approximate surface area is 92.9 Å². The summed E-state index contributed by atoms with van der Waals surface area (Å²) in [4.78, 5) is 18.8. The quantitative estimate of drug-likeness (QED) is 0.575. The fourth-order valence-electron chi connectivity index (χ4n) is 1.14. The highest BCUT2D eigenvalue weighted by atomic mass is 32.2. The zero-order valence-electron chi connectivity index (χ0n) is 8.73. The zero-order valence-corrected chi connectivity index (χ0v) is 9.54. The Hall–Kier alpha value is -1.30.